The van der Waals surface area contributed by atoms with E-state index in [0.29, 0.717) is 16.6 Å². The van der Waals surface area contributed by atoms with Gasteiger partial charge >= 0.3 is 6.18 Å². The van der Waals surface area contributed by atoms with Gasteiger partial charge in [0.2, 0.25) is 0 Å². The van der Waals surface area contributed by atoms with Crippen molar-refractivity contribution in [1.82, 2.24) is 4.98 Å². The van der Waals surface area contributed by atoms with Crippen molar-refractivity contribution in [3.63, 3.8) is 0 Å². The number of fused-ring (bicyclic) bond motifs is 1. The Bertz CT molecular complexity index is 869. The predicted octanol–water partition coefficient (Wildman–Crippen LogP) is 5.90. The lowest BCUT2D eigenvalue weighted by Crippen LogP contribution is -2.42. The van der Waals surface area contributed by atoms with E-state index < -0.39 is 11.7 Å². The molecule has 1 N–H and O–H groups in total. The average molecular weight is 420 g/mol. The molecule has 2 aliphatic rings. The Hall–Kier alpha value is -2.15. The Morgan fingerprint density at radius 2 is 1.76 bits per heavy atom. The van der Waals surface area contributed by atoms with E-state index >= 15 is 0 Å². The van der Waals surface area contributed by atoms with Gasteiger partial charge < -0.3 is 10.2 Å². The lowest BCUT2D eigenvalue weighted by molar-refractivity contribution is -0.137. The summed E-state index contributed by atoms with van der Waals surface area (Å²) in [6.45, 7) is 1.76. The number of nitrogens with one attached hydrogen (secondary N) is 1. The largest absolute Gasteiger partial charge is 0.416 e. The van der Waals surface area contributed by atoms with Crippen molar-refractivity contribution in [2.24, 2.45) is 11.8 Å². The molecule has 2 fully saturated rings. The van der Waals surface area contributed by atoms with Crippen molar-refractivity contribution in [1.29, 1.82) is 0 Å². The Balaban J connectivity index is 1.63. The maximum absolute atomic E-state index is 13.3. The second kappa shape index (κ2) is 8.30. The third kappa shape index (κ3) is 4.55. The second-order valence-electron chi connectivity index (χ2n) is 7.96. The number of alkyl halides is 3. The lowest BCUT2D eigenvalue weighted by atomic mass is 9.75. The Kier molecular flexibility index (Phi) is 5.76. The first kappa shape index (κ1) is 20.1. The lowest BCUT2D eigenvalue weighted by Gasteiger charge is -2.43. The molecule has 0 amide bonds. The number of anilines is 2. The normalized spacial score (nSPS) is 22.1. The zero-order valence-corrected chi connectivity index (χ0v) is 16.9. The van der Waals surface area contributed by atoms with Crippen LogP contribution >= 0.6 is 12.2 Å². The molecule has 154 valence electrons. The number of piperidine rings is 1. The monoisotopic (exact) mass is 419 g/mol. The third-order valence-electron chi connectivity index (χ3n) is 6.15. The van der Waals surface area contributed by atoms with Gasteiger partial charge in [-0.25, -0.2) is 0 Å². The molecule has 1 aromatic heterocycles. The summed E-state index contributed by atoms with van der Waals surface area (Å²) in [5, 5.41) is 3.07. The molecular formula is C22H24F3N3S. The maximum Gasteiger partial charge on any atom is 0.416 e. The molecule has 1 saturated heterocycles. The van der Waals surface area contributed by atoms with Gasteiger partial charge in [0.25, 0.3) is 0 Å². The van der Waals surface area contributed by atoms with E-state index in [2.05, 4.69) is 15.2 Å². The Morgan fingerprint density at radius 1 is 1.03 bits per heavy atom. The predicted molar refractivity (Wildman–Crippen MR) is 113 cm³/mol. The standard InChI is InChI=1S/C22H24F3N3S/c23-22(24,25)18-5-6-20(28-12-9-15-3-1-2-4-17(15)14-28)19(13-18)27-21(29)16-7-10-26-11-8-16/h5-8,10-11,13,15,17H,1-4,9,12,14H2,(H,27,29)/t15-,17-/m1/s1. The molecule has 2 heterocycles. The van der Waals surface area contributed by atoms with Gasteiger partial charge in [0, 0.05) is 31.0 Å². The highest BCUT2D eigenvalue weighted by atomic mass is 32.1. The fraction of sp³-hybridized carbons (Fsp3) is 0.455. The Morgan fingerprint density at radius 3 is 2.48 bits per heavy atom. The number of thiocarbonyl (C=S) groups is 1. The summed E-state index contributed by atoms with van der Waals surface area (Å²) in [5.74, 6) is 1.38. The van der Waals surface area contributed by atoms with Crippen molar-refractivity contribution in [3.05, 3.63) is 53.9 Å². The molecule has 2 aromatic rings. The molecule has 1 aromatic carbocycles. The maximum atomic E-state index is 13.3. The number of pyridine rings is 1. The Labute approximate surface area is 174 Å². The van der Waals surface area contributed by atoms with Gasteiger partial charge in [0.05, 0.1) is 16.9 Å². The van der Waals surface area contributed by atoms with Gasteiger partial charge in [0.15, 0.2) is 0 Å². The topological polar surface area (TPSA) is 28.2 Å². The van der Waals surface area contributed by atoms with E-state index in [4.69, 9.17) is 12.2 Å². The number of hydrogen-bond acceptors (Lipinski definition) is 3. The van der Waals surface area contributed by atoms with Crippen LogP contribution < -0.4 is 10.2 Å². The summed E-state index contributed by atoms with van der Waals surface area (Å²) in [6.07, 6.45) is 4.97. The van der Waals surface area contributed by atoms with Crippen LogP contribution in [0.4, 0.5) is 24.5 Å². The summed E-state index contributed by atoms with van der Waals surface area (Å²) in [6, 6.07) is 7.43. The quantitative estimate of drug-likeness (QED) is 0.627. The van der Waals surface area contributed by atoms with Crippen LogP contribution in [0.3, 0.4) is 0 Å². The van der Waals surface area contributed by atoms with Crippen LogP contribution in [-0.2, 0) is 6.18 Å². The zero-order valence-electron chi connectivity index (χ0n) is 16.1. The van der Waals surface area contributed by atoms with Gasteiger partial charge in [-0.3, -0.25) is 4.98 Å². The summed E-state index contributed by atoms with van der Waals surface area (Å²) < 4.78 is 40.0. The first-order chi connectivity index (χ1) is 13.9. The van der Waals surface area contributed by atoms with Crippen LogP contribution in [0.2, 0.25) is 0 Å². The number of nitrogens with zero attached hydrogens (tertiary/aromatic N) is 2. The molecule has 29 heavy (non-hydrogen) atoms. The van der Waals surface area contributed by atoms with Crippen LogP contribution in [0.1, 0.15) is 43.2 Å². The van der Waals surface area contributed by atoms with Crippen LogP contribution in [0.15, 0.2) is 42.7 Å². The van der Waals surface area contributed by atoms with Gasteiger partial charge in [-0.05, 0) is 55.0 Å². The highest BCUT2D eigenvalue weighted by Gasteiger charge is 2.34. The SMILES string of the molecule is FC(F)(F)c1ccc(N2CC[C@H]3CCCC[C@@H]3C2)c(NC(=S)c2ccncc2)c1. The first-order valence-corrected chi connectivity index (χ1v) is 10.5. The van der Waals surface area contributed by atoms with E-state index in [9.17, 15) is 13.2 Å². The average Bonchev–Trinajstić information content (AvgIpc) is 2.73. The van der Waals surface area contributed by atoms with E-state index in [1.165, 1.54) is 37.8 Å². The minimum atomic E-state index is -4.40. The van der Waals surface area contributed by atoms with Gasteiger partial charge in [-0.2, -0.15) is 13.2 Å². The molecule has 1 aliphatic carbocycles. The van der Waals surface area contributed by atoms with Crippen molar-refractivity contribution in [3.8, 4) is 0 Å². The van der Waals surface area contributed by atoms with Crippen molar-refractivity contribution >= 4 is 28.6 Å². The number of rotatable bonds is 3. The smallest absolute Gasteiger partial charge is 0.370 e. The van der Waals surface area contributed by atoms with E-state index in [-0.39, 0.29) is 0 Å². The summed E-state index contributed by atoms with van der Waals surface area (Å²) in [5.41, 5.74) is 1.26. The summed E-state index contributed by atoms with van der Waals surface area (Å²) in [4.78, 5) is 6.58. The molecule has 1 aliphatic heterocycles. The minimum Gasteiger partial charge on any atom is -0.370 e. The first-order valence-electron chi connectivity index (χ1n) is 10.1. The molecule has 0 unspecified atom stereocenters. The molecule has 3 nitrogen and oxygen atoms in total. The summed E-state index contributed by atoms with van der Waals surface area (Å²) >= 11 is 5.45. The van der Waals surface area contributed by atoms with Crippen LogP contribution in [0, 0.1) is 11.8 Å². The second-order valence-corrected chi connectivity index (χ2v) is 8.37. The van der Waals surface area contributed by atoms with E-state index in [1.807, 2.05) is 0 Å². The molecule has 2 atom stereocenters. The third-order valence-corrected chi connectivity index (χ3v) is 6.48. The molecule has 0 radical (unpaired) electrons. The van der Waals surface area contributed by atoms with Crippen LogP contribution in [0.5, 0.6) is 0 Å². The number of aromatic nitrogens is 1. The van der Waals surface area contributed by atoms with Crippen LogP contribution in [-0.4, -0.2) is 23.1 Å². The van der Waals surface area contributed by atoms with Gasteiger partial charge in [-0.1, -0.05) is 31.5 Å². The molecule has 4 rings (SSSR count). The fourth-order valence-electron chi connectivity index (χ4n) is 4.61. The molecule has 1 saturated carbocycles. The highest BCUT2D eigenvalue weighted by Crippen LogP contribution is 2.41. The van der Waals surface area contributed by atoms with Crippen molar-refractivity contribution in [2.75, 3.05) is 23.3 Å². The van der Waals surface area contributed by atoms with E-state index in [0.717, 1.165) is 36.7 Å². The van der Waals surface area contributed by atoms with E-state index in [1.54, 1.807) is 30.6 Å². The highest BCUT2D eigenvalue weighted by molar-refractivity contribution is 7.81. The molecule has 7 heteroatoms. The number of hydrogen-bond donors (Lipinski definition) is 1. The van der Waals surface area contributed by atoms with Crippen molar-refractivity contribution < 1.29 is 13.2 Å². The minimum absolute atomic E-state index is 0.389. The molecule has 0 bridgehead atoms. The number of benzene rings is 1. The van der Waals surface area contributed by atoms with Gasteiger partial charge in [-0.15, -0.1) is 0 Å². The number of halogens is 3. The van der Waals surface area contributed by atoms with Crippen molar-refractivity contribution in [2.45, 2.75) is 38.3 Å². The molecule has 0 spiro atoms. The van der Waals surface area contributed by atoms with Gasteiger partial charge in [0.1, 0.15) is 4.99 Å². The zero-order chi connectivity index (χ0) is 20.4. The fourth-order valence-corrected chi connectivity index (χ4v) is 4.85. The molecular weight excluding hydrogens is 395 g/mol. The van der Waals surface area contributed by atoms with Crippen LogP contribution in [0.25, 0.3) is 0 Å². The summed E-state index contributed by atoms with van der Waals surface area (Å²) in [7, 11) is 0.